The van der Waals surface area contributed by atoms with E-state index in [0.717, 1.165) is 45.8 Å². The van der Waals surface area contributed by atoms with Crippen LogP contribution in [-0.4, -0.2) is 10.7 Å². The van der Waals surface area contributed by atoms with Crippen molar-refractivity contribution in [2.75, 3.05) is 10.7 Å². The molecule has 3 heteroatoms. The Balaban J connectivity index is 2.01. The smallest absolute Gasteiger partial charge is 0.121 e. The van der Waals surface area contributed by atoms with Gasteiger partial charge in [0.1, 0.15) is 11.2 Å². The average molecular weight is 564 g/mol. The molecule has 0 aliphatic carbocycles. The molecule has 0 fully saturated rings. The van der Waals surface area contributed by atoms with Crippen LogP contribution in [0.15, 0.2) is 121 Å². The lowest BCUT2D eigenvalue weighted by Gasteiger charge is -2.45. The van der Waals surface area contributed by atoms with Crippen LogP contribution in [-0.2, 0) is 15.9 Å². The van der Waals surface area contributed by atoms with Crippen molar-refractivity contribution in [3.63, 3.8) is 0 Å². The van der Waals surface area contributed by atoms with Crippen LogP contribution >= 0.6 is 31.9 Å². The molecule has 0 radical (unpaired) electrons. The molecule has 4 aromatic carbocycles. The molecular formula is C30H28Br2O. The highest BCUT2D eigenvalue weighted by Gasteiger charge is 2.45. The van der Waals surface area contributed by atoms with Crippen molar-refractivity contribution in [1.29, 1.82) is 0 Å². The standard InChI is InChI=1S/C30H28Br2O/c31-23-21-29(25-13-5-1-6-14-25,26-15-7-2-8-16-26)33-30(22-24-32,27-17-9-3-10-18-27)28-19-11-4-12-20-28/h1-20H,21-24H2. The largest absolute Gasteiger partial charge is 0.350 e. The molecule has 33 heavy (non-hydrogen) atoms. The maximum absolute atomic E-state index is 7.59. The fourth-order valence-corrected chi connectivity index (χ4v) is 5.76. The molecule has 0 saturated carbocycles. The summed E-state index contributed by atoms with van der Waals surface area (Å²) in [5.74, 6) is 0. The first-order valence-electron chi connectivity index (χ1n) is 11.3. The zero-order valence-corrected chi connectivity index (χ0v) is 21.7. The molecule has 0 aliphatic rings. The SMILES string of the molecule is BrCCC(OC(CCBr)(c1ccccc1)c1ccccc1)(c1ccccc1)c1ccccc1. The monoisotopic (exact) mass is 562 g/mol. The Kier molecular flexibility index (Phi) is 8.19. The van der Waals surface area contributed by atoms with Gasteiger partial charge >= 0.3 is 0 Å². The Labute approximate surface area is 214 Å². The molecule has 0 saturated heterocycles. The number of hydrogen-bond acceptors (Lipinski definition) is 1. The lowest BCUT2D eigenvalue weighted by atomic mass is 9.79. The highest BCUT2D eigenvalue weighted by atomic mass is 79.9. The fraction of sp³-hybridized carbons (Fsp3) is 0.200. The Morgan fingerprint density at radius 2 is 0.667 bits per heavy atom. The maximum atomic E-state index is 7.59. The molecule has 0 bridgehead atoms. The van der Waals surface area contributed by atoms with Crippen molar-refractivity contribution in [3.05, 3.63) is 144 Å². The van der Waals surface area contributed by atoms with Crippen LogP contribution in [0.25, 0.3) is 0 Å². The average Bonchev–Trinajstić information content (AvgIpc) is 2.90. The van der Waals surface area contributed by atoms with Crippen LogP contribution < -0.4 is 0 Å². The summed E-state index contributed by atoms with van der Waals surface area (Å²) in [6.45, 7) is 0. The molecule has 0 aliphatic heterocycles. The molecule has 0 amide bonds. The molecule has 0 aromatic heterocycles. The normalized spacial score (nSPS) is 11.9. The summed E-state index contributed by atoms with van der Waals surface area (Å²) in [7, 11) is 0. The van der Waals surface area contributed by atoms with E-state index in [2.05, 4.69) is 153 Å². The van der Waals surface area contributed by atoms with Crippen LogP contribution in [0.5, 0.6) is 0 Å². The molecule has 0 unspecified atom stereocenters. The minimum atomic E-state index is -0.639. The lowest BCUT2D eigenvalue weighted by Crippen LogP contribution is -2.43. The second kappa shape index (κ2) is 11.3. The molecule has 4 aromatic rings. The summed E-state index contributed by atoms with van der Waals surface area (Å²) < 4.78 is 7.59. The third-order valence-corrected chi connectivity index (χ3v) is 6.99. The minimum Gasteiger partial charge on any atom is -0.350 e. The predicted molar refractivity (Wildman–Crippen MR) is 145 cm³/mol. The van der Waals surface area contributed by atoms with Gasteiger partial charge in [-0.25, -0.2) is 0 Å². The van der Waals surface area contributed by atoms with E-state index in [1.165, 1.54) is 0 Å². The molecule has 168 valence electrons. The number of halogens is 2. The van der Waals surface area contributed by atoms with E-state index < -0.39 is 11.2 Å². The van der Waals surface area contributed by atoms with Crippen molar-refractivity contribution in [1.82, 2.24) is 0 Å². The van der Waals surface area contributed by atoms with Crippen molar-refractivity contribution >= 4 is 31.9 Å². The Bertz CT molecular complexity index is 929. The van der Waals surface area contributed by atoms with Gasteiger partial charge in [0.05, 0.1) is 0 Å². The van der Waals surface area contributed by atoms with E-state index in [9.17, 15) is 0 Å². The van der Waals surface area contributed by atoms with Crippen molar-refractivity contribution in [2.24, 2.45) is 0 Å². The van der Waals surface area contributed by atoms with Gasteiger partial charge in [0, 0.05) is 10.7 Å². The van der Waals surface area contributed by atoms with Crippen LogP contribution in [0.4, 0.5) is 0 Å². The highest BCUT2D eigenvalue weighted by Crippen LogP contribution is 2.48. The fourth-order valence-electron chi connectivity index (χ4n) is 4.64. The molecular weight excluding hydrogens is 536 g/mol. The highest BCUT2D eigenvalue weighted by molar-refractivity contribution is 9.09. The quantitative estimate of drug-likeness (QED) is 0.176. The van der Waals surface area contributed by atoms with Crippen molar-refractivity contribution in [3.8, 4) is 0 Å². The molecule has 1 nitrogen and oxygen atoms in total. The second-order valence-corrected chi connectivity index (χ2v) is 9.68. The maximum Gasteiger partial charge on any atom is 0.121 e. The van der Waals surface area contributed by atoms with Gasteiger partial charge in [0.15, 0.2) is 0 Å². The number of alkyl halides is 2. The predicted octanol–water partition coefficient (Wildman–Crippen LogP) is 8.46. The van der Waals surface area contributed by atoms with Gasteiger partial charge in [0.2, 0.25) is 0 Å². The number of benzene rings is 4. The van der Waals surface area contributed by atoms with E-state index in [1.807, 2.05) is 0 Å². The van der Waals surface area contributed by atoms with E-state index in [-0.39, 0.29) is 0 Å². The Morgan fingerprint density at radius 3 is 0.879 bits per heavy atom. The minimum absolute atomic E-state index is 0.639. The van der Waals surface area contributed by atoms with Gasteiger partial charge in [0.25, 0.3) is 0 Å². The Morgan fingerprint density at radius 1 is 0.424 bits per heavy atom. The first kappa shape index (κ1) is 23.9. The first-order chi connectivity index (χ1) is 16.2. The van der Waals surface area contributed by atoms with Gasteiger partial charge in [-0.2, -0.15) is 0 Å². The van der Waals surface area contributed by atoms with Crippen molar-refractivity contribution in [2.45, 2.75) is 24.0 Å². The summed E-state index contributed by atoms with van der Waals surface area (Å²) in [6, 6.07) is 42.5. The topological polar surface area (TPSA) is 9.23 Å². The summed E-state index contributed by atoms with van der Waals surface area (Å²) in [6.07, 6.45) is 1.59. The van der Waals surface area contributed by atoms with Gasteiger partial charge < -0.3 is 4.74 Å². The van der Waals surface area contributed by atoms with Crippen LogP contribution in [0, 0.1) is 0 Å². The second-order valence-electron chi connectivity index (χ2n) is 8.10. The van der Waals surface area contributed by atoms with Gasteiger partial charge in [-0.1, -0.05) is 153 Å². The van der Waals surface area contributed by atoms with Gasteiger partial charge in [-0.3, -0.25) is 0 Å². The molecule has 0 N–H and O–H groups in total. The molecule has 0 spiro atoms. The summed E-state index contributed by atoms with van der Waals surface area (Å²) in [4.78, 5) is 0. The molecule has 4 rings (SSSR count). The summed E-state index contributed by atoms with van der Waals surface area (Å²) in [5, 5.41) is 1.62. The van der Waals surface area contributed by atoms with E-state index in [1.54, 1.807) is 0 Å². The zero-order valence-electron chi connectivity index (χ0n) is 18.5. The van der Waals surface area contributed by atoms with E-state index in [4.69, 9.17) is 4.74 Å². The van der Waals surface area contributed by atoms with Crippen LogP contribution in [0.3, 0.4) is 0 Å². The Hall–Kier alpha value is -2.20. The molecule has 0 heterocycles. The number of hydrogen-bond donors (Lipinski definition) is 0. The third kappa shape index (κ3) is 5.01. The summed E-state index contributed by atoms with van der Waals surface area (Å²) in [5.41, 5.74) is 3.34. The van der Waals surface area contributed by atoms with Gasteiger partial charge in [-0.15, -0.1) is 0 Å². The van der Waals surface area contributed by atoms with E-state index >= 15 is 0 Å². The first-order valence-corrected chi connectivity index (χ1v) is 13.5. The van der Waals surface area contributed by atoms with Gasteiger partial charge in [-0.05, 0) is 35.1 Å². The number of ether oxygens (including phenoxy) is 1. The van der Waals surface area contributed by atoms with Crippen molar-refractivity contribution < 1.29 is 4.74 Å². The number of rotatable bonds is 10. The lowest BCUT2D eigenvalue weighted by molar-refractivity contribution is -0.128. The molecule has 0 atom stereocenters. The third-order valence-electron chi connectivity index (χ3n) is 6.20. The van der Waals surface area contributed by atoms with Crippen LogP contribution in [0.2, 0.25) is 0 Å². The summed E-state index contributed by atoms with van der Waals surface area (Å²) >= 11 is 7.50. The zero-order chi connectivity index (χ0) is 23.0. The van der Waals surface area contributed by atoms with Crippen LogP contribution in [0.1, 0.15) is 35.1 Å². The van der Waals surface area contributed by atoms with E-state index in [0.29, 0.717) is 0 Å².